The summed E-state index contributed by atoms with van der Waals surface area (Å²) in [5.74, 6) is 0.197. The highest BCUT2D eigenvalue weighted by Gasteiger charge is 2.47. The van der Waals surface area contributed by atoms with Crippen LogP contribution in [0.5, 0.6) is 11.5 Å². The van der Waals surface area contributed by atoms with Gasteiger partial charge in [0.2, 0.25) is 15.9 Å². The second kappa shape index (κ2) is 11.9. The van der Waals surface area contributed by atoms with Gasteiger partial charge < -0.3 is 19.9 Å². The maximum atomic E-state index is 14.0. The number of piperidine rings is 1. The molecule has 1 amide bonds. The first-order chi connectivity index (χ1) is 20.7. The summed E-state index contributed by atoms with van der Waals surface area (Å²) in [6.45, 7) is 1.96. The van der Waals surface area contributed by atoms with Crippen molar-refractivity contribution in [2.75, 3.05) is 33.4 Å². The van der Waals surface area contributed by atoms with Crippen molar-refractivity contribution in [1.82, 2.24) is 14.5 Å². The van der Waals surface area contributed by atoms with Gasteiger partial charge in [-0.1, -0.05) is 30.3 Å². The Balaban J connectivity index is 1.30. The molecule has 3 aliphatic rings. The number of carbonyl (C=O) groups is 1. The van der Waals surface area contributed by atoms with Crippen LogP contribution in [-0.2, 0) is 21.4 Å². The van der Waals surface area contributed by atoms with Crippen LogP contribution in [0.15, 0.2) is 71.6 Å². The van der Waals surface area contributed by atoms with Crippen LogP contribution >= 0.6 is 0 Å². The molecule has 0 aromatic heterocycles. The highest BCUT2D eigenvalue weighted by atomic mass is 32.2. The van der Waals surface area contributed by atoms with Crippen molar-refractivity contribution in [2.24, 2.45) is 0 Å². The number of hydrogen-bond acceptors (Lipinski definition) is 7. The van der Waals surface area contributed by atoms with Crippen molar-refractivity contribution >= 4 is 15.9 Å². The average molecular weight is 610 g/mol. The lowest BCUT2D eigenvalue weighted by Crippen LogP contribution is -2.59. The topological polar surface area (TPSA) is 108 Å². The molecule has 0 unspecified atom stereocenters. The number of halogens is 1. The molecule has 9 nitrogen and oxygen atoms in total. The molecule has 2 atom stereocenters. The number of ether oxygens (including phenoxy) is 2. The molecule has 0 bridgehead atoms. The van der Waals surface area contributed by atoms with Gasteiger partial charge in [0.15, 0.2) is 0 Å². The van der Waals surface area contributed by atoms with Gasteiger partial charge in [0.25, 0.3) is 0 Å². The third-order valence-electron chi connectivity index (χ3n) is 8.80. The van der Waals surface area contributed by atoms with E-state index in [0.717, 1.165) is 21.0 Å². The van der Waals surface area contributed by atoms with E-state index in [1.807, 2.05) is 30.3 Å². The molecule has 0 aliphatic carbocycles. The maximum Gasteiger partial charge on any atom is 0.247 e. The van der Waals surface area contributed by atoms with Crippen LogP contribution in [0.25, 0.3) is 11.1 Å². The van der Waals surface area contributed by atoms with Crippen LogP contribution in [0.3, 0.4) is 0 Å². The number of sulfonamides is 1. The normalized spacial score (nSPS) is 23.8. The fourth-order valence-corrected chi connectivity index (χ4v) is 8.15. The zero-order valence-electron chi connectivity index (χ0n) is 24.0. The molecule has 3 aromatic rings. The van der Waals surface area contributed by atoms with Gasteiger partial charge in [-0.15, -0.1) is 0 Å². The maximum absolute atomic E-state index is 14.0. The molecule has 228 valence electrons. The van der Waals surface area contributed by atoms with Gasteiger partial charge >= 0.3 is 0 Å². The van der Waals surface area contributed by atoms with E-state index in [4.69, 9.17) is 9.47 Å². The number of aliphatic hydroxyl groups excluding tert-OH is 1. The Hall–Kier alpha value is -3.51. The van der Waals surface area contributed by atoms with Crippen molar-refractivity contribution < 1.29 is 32.2 Å². The van der Waals surface area contributed by atoms with Crippen molar-refractivity contribution in [1.29, 1.82) is 0 Å². The Bertz CT molecular complexity index is 1610. The molecule has 1 spiro atoms. The fraction of sp³-hybridized carbons (Fsp3) is 0.406. The molecule has 2 fully saturated rings. The van der Waals surface area contributed by atoms with Crippen LogP contribution in [0, 0.1) is 5.82 Å². The van der Waals surface area contributed by atoms with E-state index >= 15 is 0 Å². The van der Waals surface area contributed by atoms with E-state index in [1.54, 1.807) is 25.3 Å². The molecule has 2 N–H and O–H groups in total. The number of aliphatic hydroxyl groups is 1. The first kappa shape index (κ1) is 29.6. The van der Waals surface area contributed by atoms with Crippen molar-refractivity contribution in [3.05, 3.63) is 78.1 Å². The molecule has 43 heavy (non-hydrogen) atoms. The summed E-state index contributed by atoms with van der Waals surface area (Å²) in [7, 11) is -2.59. The van der Waals surface area contributed by atoms with Crippen molar-refractivity contribution in [3.8, 4) is 22.6 Å². The lowest BCUT2D eigenvalue weighted by Gasteiger charge is -2.43. The van der Waals surface area contributed by atoms with E-state index in [2.05, 4.69) is 10.2 Å². The highest BCUT2D eigenvalue weighted by Crippen LogP contribution is 2.38. The van der Waals surface area contributed by atoms with Crippen LogP contribution < -0.4 is 14.8 Å². The molecule has 3 heterocycles. The molecule has 2 saturated heterocycles. The number of hydrogen-bond donors (Lipinski definition) is 2. The Morgan fingerprint density at radius 3 is 2.58 bits per heavy atom. The molecule has 0 saturated carbocycles. The fourth-order valence-electron chi connectivity index (χ4n) is 6.40. The van der Waals surface area contributed by atoms with Crippen LogP contribution in [0.4, 0.5) is 4.39 Å². The summed E-state index contributed by atoms with van der Waals surface area (Å²) in [5.41, 5.74) is 1.86. The molecule has 3 aliphatic heterocycles. The number of likely N-dealkylation sites (tertiary alicyclic amines) is 1. The predicted octanol–water partition coefficient (Wildman–Crippen LogP) is 3.56. The molecule has 3 aromatic carbocycles. The largest absolute Gasteiger partial charge is 0.497 e. The molecule has 11 heteroatoms. The quantitative estimate of drug-likeness (QED) is 0.466. The number of amides is 1. The lowest BCUT2D eigenvalue weighted by atomic mass is 9.84. The Labute approximate surface area is 251 Å². The highest BCUT2D eigenvalue weighted by molar-refractivity contribution is 7.89. The summed E-state index contributed by atoms with van der Waals surface area (Å²) in [6.07, 6.45) is 0.778. The second-order valence-corrected chi connectivity index (χ2v) is 13.5. The molecule has 6 rings (SSSR count). The summed E-state index contributed by atoms with van der Waals surface area (Å²) < 4.78 is 54.4. The SMILES string of the molecule is COc1cccc(-c2ccc3c(c2)OCCC2(CCN(Cc4cccc(F)c4)CC2)NC(=O)[C@@H]2C[C@@H](O)CN2S3(=O)=O)c1. The Kier molecular flexibility index (Phi) is 8.16. The minimum Gasteiger partial charge on any atom is -0.497 e. The predicted molar refractivity (Wildman–Crippen MR) is 159 cm³/mol. The number of rotatable bonds is 4. The monoisotopic (exact) mass is 609 g/mol. The van der Waals surface area contributed by atoms with E-state index in [0.29, 0.717) is 44.6 Å². The molecular formula is C32H36FN3O6S. The average Bonchev–Trinajstić information content (AvgIpc) is 3.40. The number of methoxy groups -OCH3 is 1. The van der Waals surface area contributed by atoms with Crippen molar-refractivity contribution in [2.45, 2.75) is 54.8 Å². The smallest absolute Gasteiger partial charge is 0.247 e. The first-order valence-corrected chi connectivity index (χ1v) is 16.0. The van der Waals surface area contributed by atoms with Gasteiger partial charge in [-0.2, -0.15) is 4.31 Å². The van der Waals surface area contributed by atoms with Gasteiger partial charge in [-0.25, -0.2) is 12.8 Å². The van der Waals surface area contributed by atoms with Gasteiger partial charge in [-0.3, -0.25) is 9.69 Å². The molecule has 0 radical (unpaired) electrons. The Morgan fingerprint density at radius 2 is 1.81 bits per heavy atom. The number of fused-ring (bicyclic) bond motifs is 2. The third kappa shape index (κ3) is 6.12. The second-order valence-electron chi connectivity index (χ2n) is 11.6. The van der Waals surface area contributed by atoms with Crippen molar-refractivity contribution in [3.63, 3.8) is 0 Å². The zero-order chi connectivity index (χ0) is 30.2. The van der Waals surface area contributed by atoms with E-state index < -0.39 is 33.6 Å². The van der Waals surface area contributed by atoms with Crippen LogP contribution in [0.1, 0.15) is 31.2 Å². The van der Waals surface area contributed by atoms with Gasteiger partial charge in [-0.05, 0) is 65.9 Å². The number of nitrogens with one attached hydrogen (secondary N) is 1. The standard InChI is InChI=1S/C32H36FN3O6S/c1-41-27-7-3-5-23(17-27)24-8-9-30-29(18-24)42-15-12-32(34-31(38)28-19-26(37)21-36(28)43(30,39)40)10-13-35(14-11-32)20-22-4-2-6-25(33)16-22/h2-9,16-18,26,28,37H,10-15,19-21H2,1H3,(H,34,38)/t26-,28+/m1/s1. The van der Waals surface area contributed by atoms with Gasteiger partial charge in [0, 0.05) is 44.6 Å². The number of benzene rings is 3. The Morgan fingerprint density at radius 1 is 1.05 bits per heavy atom. The summed E-state index contributed by atoms with van der Waals surface area (Å²) in [5, 5.41) is 13.7. The summed E-state index contributed by atoms with van der Waals surface area (Å²) >= 11 is 0. The third-order valence-corrected chi connectivity index (χ3v) is 10.7. The van der Waals surface area contributed by atoms with E-state index in [-0.39, 0.29) is 36.0 Å². The van der Waals surface area contributed by atoms with Crippen LogP contribution in [-0.4, -0.2) is 79.7 Å². The number of carbonyl (C=O) groups excluding carboxylic acids is 1. The van der Waals surface area contributed by atoms with Gasteiger partial charge in [0.05, 0.1) is 19.8 Å². The lowest BCUT2D eigenvalue weighted by molar-refractivity contribution is -0.127. The molecular weight excluding hydrogens is 573 g/mol. The minimum atomic E-state index is -4.18. The minimum absolute atomic E-state index is 0.0188. The number of nitrogens with zero attached hydrogens (tertiary/aromatic N) is 2. The summed E-state index contributed by atoms with van der Waals surface area (Å²) in [4.78, 5) is 15.9. The van der Waals surface area contributed by atoms with E-state index in [9.17, 15) is 22.7 Å². The zero-order valence-corrected chi connectivity index (χ0v) is 24.9. The van der Waals surface area contributed by atoms with Crippen LogP contribution in [0.2, 0.25) is 0 Å². The first-order valence-electron chi connectivity index (χ1n) is 14.6. The summed E-state index contributed by atoms with van der Waals surface area (Å²) in [6, 6.07) is 17.9. The van der Waals surface area contributed by atoms with E-state index in [1.165, 1.54) is 18.2 Å². The van der Waals surface area contributed by atoms with Gasteiger partial charge in [0.1, 0.15) is 28.3 Å².